The van der Waals surface area contributed by atoms with Gasteiger partial charge in [-0.05, 0) is 6.07 Å². The third-order valence-electron chi connectivity index (χ3n) is 1.80. The Morgan fingerprint density at radius 1 is 1.50 bits per heavy atom. The number of hydrogen-bond donors (Lipinski definition) is 0. The molecule has 1 rings (SSSR count). The van der Waals surface area contributed by atoms with Crippen molar-refractivity contribution in [3.05, 3.63) is 39.9 Å². The van der Waals surface area contributed by atoms with Crippen molar-refractivity contribution in [1.82, 2.24) is 0 Å². The Balaban J connectivity index is 2.71. The van der Waals surface area contributed by atoms with Gasteiger partial charge in [0.2, 0.25) is 0 Å². The van der Waals surface area contributed by atoms with E-state index in [1.54, 1.807) is 12.1 Å². The number of nitriles is 1. The van der Waals surface area contributed by atoms with Crippen molar-refractivity contribution in [2.45, 2.75) is 13.0 Å². The molecule has 0 unspecified atom stereocenters. The number of nitrogens with zero attached hydrogens (tertiary/aromatic N) is 2. The molecule has 6 nitrogen and oxygen atoms in total. The zero-order valence-corrected chi connectivity index (χ0v) is 8.25. The lowest BCUT2D eigenvalue weighted by atomic mass is 10.2. The summed E-state index contributed by atoms with van der Waals surface area (Å²) in [5, 5.41) is 18.8. The van der Waals surface area contributed by atoms with Crippen molar-refractivity contribution in [1.29, 1.82) is 5.26 Å². The van der Waals surface area contributed by atoms with Crippen LogP contribution < -0.4 is 0 Å². The minimum atomic E-state index is -0.694. The summed E-state index contributed by atoms with van der Waals surface area (Å²) in [6, 6.07) is 7.60. The van der Waals surface area contributed by atoms with Gasteiger partial charge in [-0.1, -0.05) is 12.1 Å². The maximum atomic E-state index is 10.9. The highest BCUT2D eigenvalue weighted by Gasteiger charge is 2.13. The molecule has 1 aromatic carbocycles. The normalized spacial score (nSPS) is 9.19. The fourth-order valence-corrected chi connectivity index (χ4v) is 1.08. The zero-order valence-electron chi connectivity index (χ0n) is 8.25. The number of hydrogen-bond acceptors (Lipinski definition) is 5. The second kappa shape index (κ2) is 5.46. The summed E-state index contributed by atoms with van der Waals surface area (Å²) >= 11 is 0. The maximum absolute atomic E-state index is 10.9. The van der Waals surface area contributed by atoms with Gasteiger partial charge < -0.3 is 4.74 Å². The van der Waals surface area contributed by atoms with Crippen molar-refractivity contribution < 1.29 is 14.5 Å². The molecular weight excluding hydrogens is 212 g/mol. The fourth-order valence-electron chi connectivity index (χ4n) is 1.08. The van der Waals surface area contributed by atoms with Crippen LogP contribution in [0.4, 0.5) is 5.69 Å². The van der Waals surface area contributed by atoms with Gasteiger partial charge in [0.05, 0.1) is 16.6 Å². The summed E-state index contributed by atoms with van der Waals surface area (Å²) < 4.78 is 4.69. The predicted octanol–water partition coefficient (Wildman–Crippen LogP) is 1.55. The second-order valence-corrected chi connectivity index (χ2v) is 2.88. The van der Waals surface area contributed by atoms with Crippen LogP contribution in [0.5, 0.6) is 0 Å². The molecule has 1 aromatic rings. The molecule has 0 radical (unpaired) electrons. The van der Waals surface area contributed by atoms with E-state index in [9.17, 15) is 14.9 Å². The van der Waals surface area contributed by atoms with Gasteiger partial charge in [0, 0.05) is 6.07 Å². The number of carbonyl (C=O) groups is 1. The summed E-state index contributed by atoms with van der Waals surface area (Å²) in [7, 11) is 0. The Morgan fingerprint density at radius 2 is 2.19 bits per heavy atom. The molecule has 0 N–H and O–H groups in total. The van der Waals surface area contributed by atoms with Gasteiger partial charge in [0.25, 0.3) is 5.69 Å². The maximum Gasteiger partial charge on any atom is 0.320 e. The van der Waals surface area contributed by atoms with Crippen LogP contribution in [0.15, 0.2) is 24.3 Å². The lowest BCUT2D eigenvalue weighted by Crippen LogP contribution is -2.04. The highest BCUT2D eigenvalue weighted by atomic mass is 16.6. The molecule has 0 aliphatic heterocycles. The molecule has 0 aromatic heterocycles. The lowest BCUT2D eigenvalue weighted by Gasteiger charge is -2.03. The minimum absolute atomic E-state index is 0.104. The first-order valence-electron chi connectivity index (χ1n) is 4.40. The van der Waals surface area contributed by atoms with E-state index in [0.29, 0.717) is 5.56 Å². The molecule has 0 fully saturated rings. The van der Waals surface area contributed by atoms with Gasteiger partial charge >= 0.3 is 5.97 Å². The van der Waals surface area contributed by atoms with Crippen molar-refractivity contribution in [3.8, 4) is 6.07 Å². The number of para-hydroxylation sites is 1. The largest absolute Gasteiger partial charge is 0.460 e. The highest BCUT2D eigenvalue weighted by molar-refractivity contribution is 5.71. The molecule has 16 heavy (non-hydrogen) atoms. The Labute approximate surface area is 91.2 Å². The fraction of sp³-hybridized carbons (Fsp3) is 0.200. The van der Waals surface area contributed by atoms with Crippen LogP contribution >= 0.6 is 0 Å². The van der Waals surface area contributed by atoms with Crippen molar-refractivity contribution in [2.24, 2.45) is 0 Å². The monoisotopic (exact) mass is 220 g/mol. The van der Waals surface area contributed by atoms with Gasteiger partial charge in [-0.25, -0.2) is 0 Å². The summed E-state index contributed by atoms with van der Waals surface area (Å²) in [5.74, 6) is -0.694. The SMILES string of the molecule is N#CCC(=O)OCc1ccccc1[N+](=O)[O-]. The number of carbonyl (C=O) groups excluding carboxylic acids is 1. The molecule has 6 heteroatoms. The number of nitro groups is 1. The van der Waals surface area contributed by atoms with Crippen LogP contribution in [0.25, 0.3) is 0 Å². The van der Waals surface area contributed by atoms with Crippen LogP contribution in [0.3, 0.4) is 0 Å². The van der Waals surface area contributed by atoms with E-state index in [1.807, 2.05) is 0 Å². The Hall–Kier alpha value is -2.42. The number of esters is 1. The number of benzene rings is 1. The molecule has 0 spiro atoms. The topological polar surface area (TPSA) is 93.2 Å². The number of nitro benzene ring substituents is 1. The van der Waals surface area contributed by atoms with E-state index in [-0.39, 0.29) is 18.7 Å². The van der Waals surface area contributed by atoms with Crippen molar-refractivity contribution in [2.75, 3.05) is 0 Å². The Kier molecular flexibility index (Phi) is 3.98. The smallest absolute Gasteiger partial charge is 0.320 e. The average molecular weight is 220 g/mol. The van der Waals surface area contributed by atoms with E-state index < -0.39 is 10.9 Å². The third-order valence-corrected chi connectivity index (χ3v) is 1.80. The first kappa shape index (κ1) is 11.7. The summed E-state index contributed by atoms with van der Waals surface area (Å²) in [5.41, 5.74) is 0.200. The van der Waals surface area contributed by atoms with E-state index in [1.165, 1.54) is 18.2 Å². The molecule has 0 aliphatic rings. The van der Waals surface area contributed by atoms with Gasteiger partial charge in [-0.15, -0.1) is 0 Å². The molecule has 0 aliphatic carbocycles. The van der Waals surface area contributed by atoms with Gasteiger partial charge in [-0.3, -0.25) is 14.9 Å². The van der Waals surface area contributed by atoms with Crippen LogP contribution in [0.2, 0.25) is 0 Å². The quantitative estimate of drug-likeness (QED) is 0.436. The van der Waals surface area contributed by atoms with Gasteiger partial charge in [0.15, 0.2) is 0 Å². The first-order chi connectivity index (χ1) is 7.65. The highest BCUT2D eigenvalue weighted by Crippen LogP contribution is 2.18. The van der Waals surface area contributed by atoms with E-state index in [0.717, 1.165) is 0 Å². The molecule has 82 valence electrons. The van der Waals surface area contributed by atoms with Crippen molar-refractivity contribution >= 4 is 11.7 Å². The predicted molar refractivity (Wildman–Crippen MR) is 53.1 cm³/mol. The van der Waals surface area contributed by atoms with Crippen LogP contribution in [0, 0.1) is 21.4 Å². The van der Waals surface area contributed by atoms with Crippen LogP contribution in [-0.4, -0.2) is 10.9 Å². The number of rotatable bonds is 4. The summed E-state index contributed by atoms with van der Waals surface area (Å²) in [4.78, 5) is 20.9. The lowest BCUT2D eigenvalue weighted by molar-refractivity contribution is -0.385. The van der Waals surface area contributed by atoms with Crippen molar-refractivity contribution in [3.63, 3.8) is 0 Å². The Bertz CT molecular complexity index is 450. The van der Waals surface area contributed by atoms with Crippen LogP contribution in [0.1, 0.15) is 12.0 Å². The molecule has 0 saturated heterocycles. The first-order valence-corrected chi connectivity index (χ1v) is 4.40. The number of ether oxygens (including phenoxy) is 1. The molecule has 0 bridgehead atoms. The van der Waals surface area contributed by atoms with Gasteiger partial charge in [0.1, 0.15) is 13.0 Å². The van der Waals surface area contributed by atoms with Gasteiger partial charge in [-0.2, -0.15) is 5.26 Å². The van der Waals surface area contributed by atoms with E-state index in [4.69, 9.17) is 10.00 Å². The zero-order chi connectivity index (χ0) is 12.0. The third kappa shape index (κ3) is 3.06. The second-order valence-electron chi connectivity index (χ2n) is 2.88. The summed E-state index contributed by atoms with van der Waals surface area (Å²) in [6.07, 6.45) is -0.360. The average Bonchev–Trinajstić information content (AvgIpc) is 2.27. The molecule has 0 saturated carbocycles. The minimum Gasteiger partial charge on any atom is -0.460 e. The molecular formula is C10H8N2O4. The van der Waals surface area contributed by atoms with E-state index in [2.05, 4.69) is 0 Å². The Morgan fingerprint density at radius 3 is 2.81 bits per heavy atom. The van der Waals surface area contributed by atoms with E-state index >= 15 is 0 Å². The standard InChI is InChI=1S/C10H8N2O4/c11-6-5-10(13)16-7-8-3-1-2-4-9(8)12(14)15/h1-4H,5,7H2. The summed E-state index contributed by atoms with van der Waals surface area (Å²) in [6.45, 7) is -0.197. The molecule has 0 atom stereocenters. The molecule has 0 heterocycles. The molecule has 0 amide bonds. The van der Waals surface area contributed by atoms with Crippen LogP contribution in [-0.2, 0) is 16.1 Å².